The van der Waals surface area contributed by atoms with Gasteiger partial charge in [-0.25, -0.2) is 4.79 Å². The van der Waals surface area contributed by atoms with Gasteiger partial charge in [-0.1, -0.05) is 55.5 Å². The summed E-state index contributed by atoms with van der Waals surface area (Å²) in [5.74, 6) is -1.58. The van der Waals surface area contributed by atoms with E-state index in [0.29, 0.717) is 19.8 Å². The number of carboxylic acid groups (broad SMARTS) is 1. The summed E-state index contributed by atoms with van der Waals surface area (Å²) in [5.41, 5.74) is 4.27. The number of carboxylic acids is 1. The van der Waals surface area contributed by atoms with Gasteiger partial charge in [0.25, 0.3) is 0 Å². The molecule has 0 saturated carbocycles. The SMILES string of the molecule is CC1(CNC(=O)C(CCC(=O)O)NC(=O)OCC2c3ccccc3-c3ccccc32)COC1. The minimum Gasteiger partial charge on any atom is -0.481 e. The molecule has 1 unspecified atom stereocenters. The van der Waals surface area contributed by atoms with E-state index in [1.54, 1.807) is 0 Å². The maximum Gasteiger partial charge on any atom is 0.407 e. The molecule has 0 radical (unpaired) electrons. The number of carbonyl (C=O) groups is 3. The molecule has 1 fully saturated rings. The number of fused-ring (bicyclic) bond motifs is 3. The highest BCUT2D eigenvalue weighted by molar-refractivity contribution is 5.86. The first-order chi connectivity index (χ1) is 15.9. The predicted octanol–water partition coefficient (Wildman–Crippen LogP) is 2.91. The third-order valence-corrected chi connectivity index (χ3v) is 6.19. The Kier molecular flexibility index (Phi) is 6.65. The third-order valence-electron chi connectivity index (χ3n) is 6.19. The molecule has 8 heteroatoms. The monoisotopic (exact) mass is 452 g/mol. The second-order valence-corrected chi connectivity index (χ2v) is 8.98. The Morgan fingerprint density at radius 3 is 2.24 bits per heavy atom. The van der Waals surface area contributed by atoms with Crippen molar-refractivity contribution in [2.75, 3.05) is 26.4 Å². The zero-order valence-electron chi connectivity index (χ0n) is 18.5. The van der Waals surface area contributed by atoms with Crippen LogP contribution < -0.4 is 10.6 Å². The van der Waals surface area contributed by atoms with Gasteiger partial charge in [-0.15, -0.1) is 0 Å². The summed E-state index contributed by atoms with van der Waals surface area (Å²) in [6.45, 7) is 3.59. The Hall–Kier alpha value is -3.39. The second-order valence-electron chi connectivity index (χ2n) is 8.98. The van der Waals surface area contributed by atoms with Gasteiger partial charge in [0, 0.05) is 24.3 Å². The zero-order chi connectivity index (χ0) is 23.4. The fourth-order valence-corrected chi connectivity index (χ4v) is 4.30. The van der Waals surface area contributed by atoms with Crippen LogP contribution in [0.4, 0.5) is 4.79 Å². The van der Waals surface area contributed by atoms with Gasteiger partial charge in [0.2, 0.25) is 5.91 Å². The first-order valence-electron chi connectivity index (χ1n) is 11.0. The summed E-state index contributed by atoms with van der Waals surface area (Å²) in [6.07, 6.45) is -1.03. The van der Waals surface area contributed by atoms with E-state index in [4.69, 9.17) is 14.6 Å². The average molecular weight is 453 g/mol. The van der Waals surface area contributed by atoms with Gasteiger partial charge in [-0.3, -0.25) is 9.59 Å². The Morgan fingerprint density at radius 1 is 1.09 bits per heavy atom. The summed E-state index contributed by atoms with van der Waals surface area (Å²) in [4.78, 5) is 36.2. The normalized spacial score (nSPS) is 16.6. The molecule has 0 bridgehead atoms. The van der Waals surface area contributed by atoms with Gasteiger partial charge in [0.05, 0.1) is 13.2 Å². The minimum absolute atomic E-state index is 0.0292. The van der Waals surface area contributed by atoms with E-state index >= 15 is 0 Å². The van der Waals surface area contributed by atoms with Crippen LogP contribution in [0.3, 0.4) is 0 Å². The Bertz CT molecular complexity index is 1000. The van der Waals surface area contributed by atoms with Crippen LogP contribution in [0.5, 0.6) is 0 Å². The van der Waals surface area contributed by atoms with Crippen LogP contribution in [0, 0.1) is 5.41 Å². The number of rotatable bonds is 9. The lowest BCUT2D eigenvalue weighted by Gasteiger charge is -2.38. The van der Waals surface area contributed by atoms with Crippen molar-refractivity contribution in [3.63, 3.8) is 0 Å². The zero-order valence-corrected chi connectivity index (χ0v) is 18.5. The Balaban J connectivity index is 1.38. The van der Waals surface area contributed by atoms with Gasteiger partial charge in [0.1, 0.15) is 12.6 Å². The van der Waals surface area contributed by atoms with E-state index in [2.05, 4.69) is 10.6 Å². The predicted molar refractivity (Wildman–Crippen MR) is 121 cm³/mol. The Morgan fingerprint density at radius 2 is 1.70 bits per heavy atom. The molecule has 1 heterocycles. The van der Waals surface area contributed by atoms with Crippen LogP contribution in [0.1, 0.15) is 36.8 Å². The Labute approximate surface area is 192 Å². The fourth-order valence-electron chi connectivity index (χ4n) is 4.30. The molecule has 1 atom stereocenters. The van der Waals surface area contributed by atoms with Crippen molar-refractivity contribution < 1.29 is 29.0 Å². The molecule has 1 aliphatic carbocycles. The summed E-state index contributed by atoms with van der Waals surface area (Å²) >= 11 is 0. The lowest BCUT2D eigenvalue weighted by molar-refractivity contribution is -0.137. The number of carbonyl (C=O) groups excluding carboxylic acids is 2. The van der Waals surface area contributed by atoms with Gasteiger partial charge in [-0.05, 0) is 28.7 Å². The number of hydrogen-bond acceptors (Lipinski definition) is 5. The topological polar surface area (TPSA) is 114 Å². The largest absolute Gasteiger partial charge is 0.481 e. The summed E-state index contributed by atoms with van der Waals surface area (Å²) in [6, 6.07) is 15.0. The van der Waals surface area contributed by atoms with E-state index in [-0.39, 0.29) is 30.8 Å². The minimum atomic E-state index is -1.04. The summed E-state index contributed by atoms with van der Waals surface area (Å²) in [5, 5.41) is 14.4. The van der Waals surface area contributed by atoms with E-state index in [1.807, 2.05) is 55.5 Å². The molecule has 1 saturated heterocycles. The molecule has 2 aromatic carbocycles. The number of alkyl carbamates (subject to hydrolysis) is 1. The lowest BCUT2D eigenvalue weighted by Crippen LogP contribution is -2.53. The van der Waals surface area contributed by atoms with E-state index in [9.17, 15) is 14.4 Å². The molecule has 4 rings (SSSR count). The third kappa shape index (κ3) is 5.17. The van der Waals surface area contributed by atoms with Gasteiger partial charge in [0.15, 0.2) is 0 Å². The van der Waals surface area contributed by atoms with Crippen LogP contribution in [0.15, 0.2) is 48.5 Å². The molecule has 2 aliphatic rings. The quantitative estimate of drug-likeness (QED) is 0.539. The second kappa shape index (κ2) is 9.62. The first kappa shape index (κ1) is 22.8. The van der Waals surface area contributed by atoms with Crippen molar-refractivity contribution >= 4 is 18.0 Å². The number of ether oxygens (including phenoxy) is 2. The van der Waals surface area contributed by atoms with E-state index in [1.165, 1.54) is 0 Å². The molecular weight excluding hydrogens is 424 g/mol. The van der Waals surface area contributed by atoms with Crippen LogP contribution in [0.2, 0.25) is 0 Å². The molecule has 0 spiro atoms. The summed E-state index contributed by atoms with van der Waals surface area (Å²) < 4.78 is 10.7. The highest BCUT2D eigenvalue weighted by atomic mass is 16.5. The van der Waals surface area contributed by atoms with Crippen LogP contribution in [0.25, 0.3) is 11.1 Å². The van der Waals surface area contributed by atoms with Gasteiger partial charge >= 0.3 is 12.1 Å². The van der Waals surface area contributed by atoms with Crippen molar-refractivity contribution in [1.82, 2.24) is 10.6 Å². The maximum atomic E-state index is 12.7. The smallest absolute Gasteiger partial charge is 0.407 e. The van der Waals surface area contributed by atoms with Crippen LogP contribution >= 0.6 is 0 Å². The standard InChI is InChI=1S/C25H28N2O6/c1-25(14-32-15-25)13-26-23(30)21(10-11-22(28)29)27-24(31)33-12-20-18-8-4-2-6-16(18)17-7-3-5-9-19(17)20/h2-9,20-21H,10-15H2,1H3,(H,26,30)(H,27,31)(H,28,29). The molecule has 33 heavy (non-hydrogen) atoms. The number of aliphatic carboxylic acids is 1. The lowest BCUT2D eigenvalue weighted by atomic mass is 9.88. The highest BCUT2D eigenvalue weighted by Crippen LogP contribution is 2.44. The van der Waals surface area contributed by atoms with Crippen LogP contribution in [-0.2, 0) is 19.1 Å². The highest BCUT2D eigenvalue weighted by Gasteiger charge is 2.35. The molecule has 174 valence electrons. The fraction of sp³-hybridized carbons (Fsp3) is 0.400. The molecule has 2 amide bonds. The van der Waals surface area contributed by atoms with Crippen molar-refractivity contribution in [2.45, 2.75) is 31.7 Å². The molecule has 2 aromatic rings. The number of amides is 2. The first-order valence-corrected chi connectivity index (χ1v) is 11.0. The van der Waals surface area contributed by atoms with E-state index < -0.39 is 24.0 Å². The molecule has 3 N–H and O–H groups in total. The number of nitrogens with one attached hydrogen (secondary N) is 2. The molecule has 0 aromatic heterocycles. The average Bonchev–Trinajstić information content (AvgIpc) is 3.11. The van der Waals surface area contributed by atoms with E-state index in [0.717, 1.165) is 22.3 Å². The van der Waals surface area contributed by atoms with Crippen LogP contribution in [-0.4, -0.2) is 55.5 Å². The molecule has 8 nitrogen and oxygen atoms in total. The molecule has 1 aliphatic heterocycles. The van der Waals surface area contributed by atoms with Crippen molar-refractivity contribution in [1.29, 1.82) is 0 Å². The van der Waals surface area contributed by atoms with Crippen molar-refractivity contribution in [3.8, 4) is 11.1 Å². The maximum absolute atomic E-state index is 12.7. The van der Waals surface area contributed by atoms with Crippen molar-refractivity contribution in [3.05, 3.63) is 59.7 Å². The van der Waals surface area contributed by atoms with Gasteiger partial charge < -0.3 is 25.2 Å². The van der Waals surface area contributed by atoms with Crippen molar-refractivity contribution in [2.24, 2.45) is 5.41 Å². The number of hydrogen-bond donors (Lipinski definition) is 3. The summed E-state index contributed by atoms with van der Waals surface area (Å²) in [7, 11) is 0. The van der Waals surface area contributed by atoms with Gasteiger partial charge in [-0.2, -0.15) is 0 Å². The number of benzene rings is 2. The molecular formula is C25H28N2O6.